The highest BCUT2D eigenvalue weighted by Crippen LogP contribution is 2.31. The van der Waals surface area contributed by atoms with Gasteiger partial charge in [-0.3, -0.25) is 4.99 Å². The molecule has 2 aromatic carbocycles. The van der Waals surface area contributed by atoms with Gasteiger partial charge in [0.05, 0.1) is 10.2 Å². The van der Waals surface area contributed by atoms with Gasteiger partial charge in [-0.2, -0.15) is 0 Å². The van der Waals surface area contributed by atoms with Crippen LogP contribution < -0.4 is 0 Å². The van der Waals surface area contributed by atoms with Gasteiger partial charge in [0.1, 0.15) is 5.75 Å². The van der Waals surface area contributed by atoms with Gasteiger partial charge < -0.3 is 5.11 Å². The minimum Gasteiger partial charge on any atom is -0.506 e. The second kappa shape index (κ2) is 6.90. The highest BCUT2D eigenvalue weighted by molar-refractivity contribution is 9.10. The Labute approximate surface area is 134 Å². The summed E-state index contributed by atoms with van der Waals surface area (Å²) in [6.07, 6.45) is 2.81. The SMILES string of the molecule is CCC(C)c1ccccc1N=Cc1cc(C)cc(Br)c1O. The number of aryl methyl sites for hydroxylation is 1. The summed E-state index contributed by atoms with van der Waals surface area (Å²) in [4.78, 5) is 4.58. The van der Waals surface area contributed by atoms with E-state index in [9.17, 15) is 5.11 Å². The van der Waals surface area contributed by atoms with Crippen LogP contribution in [0.4, 0.5) is 5.69 Å². The Morgan fingerprint density at radius 3 is 2.71 bits per heavy atom. The van der Waals surface area contributed by atoms with E-state index in [2.05, 4.69) is 40.8 Å². The Hall–Kier alpha value is -1.61. The summed E-state index contributed by atoms with van der Waals surface area (Å²) in [6, 6.07) is 12.0. The number of para-hydroxylation sites is 1. The topological polar surface area (TPSA) is 32.6 Å². The molecular formula is C18H20BrNO. The molecular weight excluding hydrogens is 326 g/mol. The van der Waals surface area contributed by atoms with Crippen LogP contribution in [0.25, 0.3) is 0 Å². The molecule has 2 nitrogen and oxygen atoms in total. The quantitative estimate of drug-likeness (QED) is 0.705. The number of hydrogen-bond acceptors (Lipinski definition) is 2. The smallest absolute Gasteiger partial charge is 0.138 e. The van der Waals surface area contributed by atoms with E-state index in [0.717, 1.165) is 23.2 Å². The molecule has 0 aliphatic heterocycles. The van der Waals surface area contributed by atoms with Crippen LogP contribution in [0.5, 0.6) is 5.75 Å². The zero-order chi connectivity index (χ0) is 15.4. The lowest BCUT2D eigenvalue weighted by Crippen LogP contribution is -1.92. The number of halogens is 1. The van der Waals surface area contributed by atoms with Gasteiger partial charge in [-0.25, -0.2) is 0 Å². The van der Waals surface area contributed by atoms with Gasteiger partial charge in [-0.1, -0.05) is 32.0 Å². The molecule has 3 heteroatoms. The van der Waals surface area contributed by atoms with E-state index >= 15 is 0 Å². The van der Waals surface area contributed by atoms with Gasteiger partial charge in [-0.05, 0) is 64.5 Å². The fourth-order valence-corrected chi connectivity index (χ4v) is 2.83. The molecule has 0 heterocycles. The Morgan fingerprint density at radius 2 is 2.00 bits per heavy atom. The molecule has 2 aromatic rings. The van der Waals surface area contributed by atoms with E-state index in [0.29, 0.717) is 10.4 Å². The highest BCUT2D eigenvalue weighted by atomic mass is 79.9. The second-order valence-corrected chi connectivity index (χ2v) is 6.17. The molecule has 0 aliphatic rings. The van der Waals surface area contributed by atoms with Crippen molar-refractivity contribution in [3.05, 3.63) is 57.6 Å². The monoisotopic (exact) mass is 345 g/mol. The number of nitrogens with zero attached hydrogens (tertiary/aromatic N) is 1. The van der Waals surface area contributed by atoms with Crippen LogP contribution in [0.15, 0.2) is 45.9 Å². The molecule has 0 spiro atoms. The number of phenolic OH excluding ortho intramolecular Hbond substituents is 1. The molecule has 110 valence electrons. The van der Waals surface area contributed by atoms with Crippen molar-refractivity contribution < 1.29 is 5.11 Å². The Bertz CT molecular complexity index is 664. The lowest BCUT2D eigenvalue weighted by molar-refractivity contribution is 0.471. The molecule has 2 rings (SSSR count). The first-order chi connectivity index (χ1) is 10.0. The summed E-state index contributed by atoms with van der Waals surface area (Å²) >= 11 is 3.36. The van der Waals surface area contributed by atoms with Crippen LogP contribution in [0.1, 0.15) is 42.9 Å². The van der Waals surface area contributed by atoms with Crippen molar-refractivity contribution in [2.45, 2.75) is 33.1 Å². The van der Waals surface area contributed by atoms with E-state index in [1.807, 2.05) is 37.3 Å². The molecule has 0 radical (unpaired) electrons. The molecule has 1 atom stereocenters. The van der Waals surface area contributed by atoms with Gasteiger partial charge in [0.2, 0.25) is 0 Å². The normalized spacial score (nSPS) is 12.8. The minimum atomic E-state index is 0.227. The van der Waals surface area contributed by atoms with Crippen LogP contribution >= 0.6 is 15.9 Å². The zero-order valence-corrected chi connectivity index (χ0v) is 14.2. The van der Waals surface area contributed by atoms with Crippen molar-refractivity contribution in [1.82, 2.24) is 0 Å². The molecule has 1 N–H and O–H groups in total. The summed E-state index contributed by atoms with van der Waals surface area (Å²) in [5.74, 6) is 0.696. The molecule has 0 amide bonds. The Balaban J connectivity index is 2.39. The van der Waals surface area contributed by atoms with Crippen molar-refractivity contribution >= 4 is 27.8 Å². The maximum Gasteiger partial charge on any atom is 0.138 e. The number of phenols is 1. The number of rotatable bonds is 4. The Kier molecular flexibility index (Phi) is 5.18. The molecule has 0 bridgehead atoms. The van der Waals surface area contributed by atoms with Crippen LogP contribution in [0, 0.1) is 6.92 Å². The molecule has 0 fully saturated rings. The second-order valence-electron chi connectivity index (χ2n) is 5.31. The van der Waals surface area contributed by atoms with Crippen LogP contribution in [0.2, 0.25) is 0 Å². The van der Waals surface area contributed by atoms with Crippen LogP contribution in [-0.2, 0) is 0 Å². The first kappa shape index (κ1) is 15.8. The molecule has 0 aliphatic carbocycles. The fraction of sp³-hybridized carbons (Fsp3) is 0.278. The predicted molar refractivity (Wildman–Crippen MR) is 92.9 cm³/mol. The third-order valence-electron chi connectivity index (χ3n) is 3.66. The van der Waals surface area contributed by atoms with Gasteiger partial charge in [0, 0.05) is 11.8 Å². The van der Waals surface area contributed by atoms with Crippen molar-refractivity contribution in [2.75, 3.05) is 0 Å². The molecule has 0 saturated carbocycles. The average Bonchev–Trinajstić information content (AvgIpc) is 2.49. The van der Waals surface area contributed by atoms with Crippen molar-refractivity contribution in [2.24, 2.45) is 4.99 Å². The molecule has 21 heavy (non-hydrogen) atoms. The average molecular weight is 346 g/mol. The Morgan fingerprint density at radius 1 is 1.29 bits per heavy atom. The van der Waals surface area contributed by atoms with E-state index in [4.69, 9.17) is 0 Å². The lowest BCUT2D eigenvalue weighted by Gasteiger charge is -2.11. The van der Waals surface area contributed by atoms with Crippen LogP contribution in [0.3, 0.4) is 0 Å². The predicted octanol–water partition coefficient (Wildman–Crippen LogP) is 5.73. The lowest BCUT2D eigenvalue weighted by atomic mass is 9.97. The highest BCUT2D eigenvalue weighted by Gasteiger charge is 2.08. The molecule has 0 aromatic heterocycles. The van der Waals surface area contributed by atoms with Crippen molar-refractivity contribution in [3.8, 4) is 5.75 Å². The van der Waals surface area contributed by atoms with E-state index < -0.39 is 0 Å². The van der Waals surface area contributed by atoms with Gasteiger partial charge >= 0.3 is 0 Å². The summed E-state index contributed by atoms with van der Waals surface area (Å²) in [6.45, 7) is 6.37. The fourth-order valence-electron chi connectivity index (χ4n) is 2.24. The maximum absolute atomic E-state index is 10.1. The van der Waals surface area contributed by atoms with Crippen molar-refractivity contribution in [3.63, 3.8) is 0 Å². The summed E-state index contributed by atoms with van der Waals surface area (Å²) in [5, 5.41) is 10.1. The maximum atomic E-state index is 10.1. The minimum absolute atomic E-state index is 0.227. The number of aromatic hydroxyl groups is 1. The van der Waals surface area contributed by atoms with Gasteiger partial charge in [0.25, 0.3) is 0 Å². The third-order valence-corrected chi connectivity index (χ3v) is 4.26. The molecule has 1 unspecified atom stereocenters. The number of hydrogen-bond donors (Lipinski definition) is 1. The van der Waals surface area contributed by atoms with E-state index in [1.54, 1.807) is 6.21 Å². The van der Waals surface area contributed by atoms with Gasteiger partial charge in [-0.15, -0.1) is 0 Å². The first-order valence-corrected chi connectivity index (χ1v) is 7.94. The van der Waals surface area contributed by atoms with Crippen LogP contribution in [-0.4, -0.2) is 11.3 Å². The van der Waals surface area contributed by atoms with E-state index in [-0.39, 0.29) is 5.75 Å². The number of aliphatic imine (C=N–C) groups is 1. The standard InChI is InChI=1S/C18H20BrNO/c1-4-13(3)15-7-5-6-8-17(15)20-11-14-9-12(2)10-16(19)18(14)21/h5-11,13,21H,4H2,1-3H3. The number of benzene rings is 2. The molecule has 0 saturated heterocycles. The summed E-state index contributed by atoms with van der Waals surface area (Å²) in [5.41, 5.74) is 4.00. The van der Waals surface area contributed by atoms with Crippen molar-refractivity contribution in [1.29, 1.82) is 0 Å². The largest absolute Gasteiger partial charge is 0.506 e. The van der Waals surface area contributed by atoms with Gasteiger partial charge in [0.15, 0.2) is 0 Å². The zero-order valence-electron chi connectivity index (χ0n) is 12.6. The first-order valence-electron chi connectivity index (χ1n) is 7.15. The third kappa shape index (κ3) is 3.73. The summed E-state index contributed by atoms with van der Waals surface area (Å²) in [7, 11) is 0. The van der Waals surface area contributed by atoms with E-state index in [1.165, 1.54) is 5.56 Å². The summed E-state index contributed by atoms with van der Waals surface area (Å²) < 4.78 is 0.694.